The fourth-order valence-electron chi connectivity index (χ4n) is 6.21. The highest BCUT2D eigenvalue weighted by Crippen LogP contribution is 2.55. The zero-order chi connectivity index (χ0) is 26.4. The van der Waals surface area contributed by atoms with Gasteiger partial charge in [-0.15, -0.1) is 0 Å². The van der Waals surface area contributed by atoms with Crippen molar-refractivity contribution >= 4 is 8.32 Å². The molecule has 1 heterocycles. The Morgan fingerprint density at radius 3 is 2.11 bits per heavy atom. The van der Waals surface area contributed by atoms with Crippen LogP contribution in [0.3, 0.4) is 0 Å². The molecule has 2 aromatic rings. The van der Waals surface area contributed by atoms with E-state index in [0.717, 1.165) is 24.8 Å². The van der Waals surface area contributed by atoms with Gasteiger partial charge in [0.2, 0.25) is 5.60 Å². The highest BCUT2D eigenvalue weighted by molar-refractivity contribution is 6.69. The van der Waals surface area contributed by atoms with E-state index in [-0.39, 0.29) is 17.6 Å². The summed E-state index contributed by atoms with van der Waals surface area (Å²) in [6.45, 7) is 12.2. The van der Waals surface area contributed by atoms with Gasteiger partial charge in [-0.05, 0) is 63.4 Å². The number of halogens is 3. The van der Waals surface area contributed by atoms with Crippen LogP contribution >= 0.6 is 0 Å². The number of rotatable bonds is 6. The molecule has 0 amide bonds. The number of hydrogen-bond donors (Lipinski definition) is 0. The molecule has 2 aromatic carbocycles. The summed E-state index contributed by atoms with van der Waals surface area (Å²) in [7, 11) is -2.72. The van der Waals surface area contributed by atoms with Gasteiger partial charge in [0.25, 0.3) is 0 Å². The fourth-order valence-corrected chi connectivity index (χ4v) is 7.51. The van der Waals surface area contributed by atoms with Crippen molar-refractivity contribution in [3.63, 3.8) is 0 Å². The lowest BCUT2D eigenvalue weighted by atomic mass is 9.68. The van der Waals surface area contributed by atoms with E-state index in [1.54, 1.807) is 30.3 Å². The summed E-state index contributed by atoms with van der Waals surface area (Å²) in [4.78, 5) is 1.94. The third kappa shape index (κ3) is 5.17. The van der Waals surface area contributed by atoms with Crippen molar-refractivity contribution in [3.05, 3.63) is 71.8 Å². The monoisotopic (exact) mass is 519 g/mol. The van der Waals surface area contributed by atoms with Crippen LogP contribution in [-0.4, -0.2) is 37.3 Å². The van der Waals surface area contributed by atoms with Crippen molar-refractivity contribution in [2.75, 3.05) is 0 Å². The SMILES string of the molecule is C[C@@H]1CC[C@@H]2[C@@H](C1)O[C@@H]([C@@](O[Si](C)(C)C)(c1ccccc1)C(F)(F)F)N(Cc1ccccc1)C2(C)C. The first-order valence-electron chi connectivity index (χ1n) is 13.0. The van der Waals surface area contributed by atoms with Crippen molar-refractivity contribution in [2.45, 2.75) is 95.9 Å². The molecular formula is C29H40F3NO2Si. The van der Waals surface area contributed by atoms with Crippen LogP contribution in [0.2, 0.25) is 19.6 Å². The quantitative estimate of drug-likeness (QED) is 0.364. The average molecular weight is 520 g/mol. The standard InChI is InChI=1S/C29H40F3NO2Si/c1-21-17-18-24-25(19-21)34-26(33(27(24,2)3)20-22-13-9-7-10-14-22)28(29(30,31)32,35-36(4,5)6)23-15-11-8-12-16-23/h7-16,21,24-26H,17-20H2,1-6H3/t21-,24-,25-,26+,28+/m1/s1. The van der Waals surface area contributed by atoms with E-state index in [0.29, 0.717) is 12.5 Å². The minimum absolute atomic E-state index is 0.0982. The van der Waals surface area contributed by atoms with E-state index in [1.807, 2.05) is 54.9 Å². The normalized spacial score (nSPS) is 28.8. The van der Waals surface area contributed by atoms with E-state index in [1.165, 1.54) is 0 Å². The molecule has 0 aromatic heterocycles. The molecular weight excluding hydrogens is 479 g/mol. The minimum atomic E-state index is -4.70. The third-order valence-electron chi connectivity index (χ3n) is 7.92. The number of hydrogen-bond acceptors (Lipinski definition) is 3. The predicted molar refractivity (Wildman–Crippen MR) is 140 cm³/mol. The van der Waals surface area contributed by atoms with E-state index in [4.69, 9.17) is 9.16 Å². The summed E-state index contributed by atoms with van der Waals surface area (Å²) < 4.78 is 59.9. The number of nitrogens with zero attached hydrogens (tertiary/aromatic N) is 1. The van der Waals surface area contributed by atoms with Crippen LogP contribution in [0.1, 0.15) is 51.2 Å². The van der Waals surface area contributed by atoms with Gasteiger partial charge >= 0.3 is 6.18 Å². The largest absolute Gasteiger partial charge is 0.424 e. The van der Waals surface area contributed by atoms with Gasteiger partial charge in [-0.3, -0.25) is 4.90 Å². The smallest absolute Gasteiger partial charge is 0.397 e. The molecule has 0 radical (unpaired) electrons. The Hall–Kier alpha value is -1.67. The summed E-state index contributed by atoms with van der Waals surface area (Å²) in [5.74, 6) is 0.556. The molecule has 0 unspecified atom stereocenters. The zero-order valence-electron chi connectivity index (χ0n) is 22.3. The summed E-state index contributed by atoms with van der Waals surface area (Å²) in [5.41, 5.74) is -2.09. The molecule has 7 heteroatoms. The van der Waals surface area contributed by atoms with Gasteiger partial charge in [0.05, 0.1) is 6.10 Å². The summed E-state index contributed by atoms with van der Waals surface area (Å²) in [6, 6.07) is 17.9. The first-order valence-corrected chi connectivity index (χ1v) is 16.4. The number of alkyl halides is 3. The molecule has 2 fully saturated rings. The first kappa shape index (κ1) is 27.4. The molecule has 0 spiro atoms. The molecule has 198 valence electrons. The molecule has 3 nitrogen and oxygen atoms in total. The van der Waals surface area contributed by atoms with Crippen molar-refractivity contribution in [1.82, 2.24) is 4.90 Å². The Labute approximate surface area is 215 Å². The Morgan fingerprint density at radius 1 is 0.972 bits per heavy atom. The van der Waals surface area contributed by atoms with Gasteiger partial charge < -0.3 is 9.16 Å². The first-order chi connectivity index (χ1) is 16.8. The predicted octanol–water partition coefficient (Wildman–Crippen LogP) is 7.74. The molecule has 36 heavy (non-hydrogen) atoms. The van der Waals surface area contributed by atoms with E-state index in [9.17, 15) is 0 Å². The van der Waals surface area contributed by atoms with E-state index >= 15 is 13.2 Å². The molecule has 1 aliphatic heterocycles. The topological polar surface area (TPSA) is 21.7 Å². The Morgan fingerprint density at radius 2 is 1.56 bits per heavy atom. The van der Waals surface area contributed by atoms with Gasteiger partial charge in [-0.25, -0.2) is 0 Å². The Kier molecular flexibility index (Phi) is 7.52. The van der Waals surface area contributed by atoms with Gasteiger partial charge in [0, 0.05) is 18.0 Å². The van der Waals surface area contributed by atoms with Crippen LogP contribution in [0.5, 0.6) is 0 Å². The van der Waals surface area contributed by atoms with Crippen LogP contribution in [0, 0.1) is 11.8 Å². The maximum atomic E-state index is 15.6. The molecule has 4 rings (SSSR count). The van der Waals surface area contributed by atoms with Crippen molar-refractivity contribution < 1.29 is 22.3 Å². The Bertz CT molecular complexity index is 1010. The van der Waals surface area contributed by atoms with E-state index < -0.39 is 31.9 Å². The van der Waals surface area contributed by atoms with E-state index in [2.05, 4.69) is 20.8 Å². The maximum Gasteiger partial charge on any atom is 0.424 e. The third-order valence-corrected chi connectivity index (χ3v) is 8.86. The highest BCUT2D eigenvalue weighted by atomic mass is 28.4. The summed E-state index contributed by atoms with van der Waals surface area (Å²) in [5, 5.41) is 0. The second-order valence-electron chi connectivity index (χ2n) is 12.1. The van der Waals surface area contributed by atoms with Gasteiger partial charge in [-0.1, -0.05) is 74.0 Å². The van der Waals surface area contributed by atoms with Gasteiger partial charge in [0.15, 0.2) is 14.5 Å². The van der Waals surface area contributed by atoms with Crippen LogP contribution in [-0.2, 0) is 21.3 Å². The van der Waals surface area contributed by atoms with Gasteiger partial charge in [0.1, 0.15) is 0 Å². The zero-order valence-corrected chi connectivity index (χ0v) is 23.3. The molecule has 2 aliphatic rings. The lowest BCUT2D eigenvalue weighted by molar-refractivity contribution is -0.360. The molecule has 0 N–H and O–H groups in total. The Balaban J connectivity index is 1.94. The lowest BCUT2D eigenvalue weighted by Gasteiger charge is -2.61. The fraction of sp³-hybridized carbons (Fsp3) is 0.586. The second kappa shape index (κ2) is 9.90. The number of ether oxygens (including phenoxy) is 1. The molecule has 5 atom stereocenters. The molecule has 1 aliphatic carbocycles. The number of benzene rings is 2. The lowest BCUT2D eigenvalue weighted by Crippen LogP contribution is -2.73. The minimum Gasteiger partial charge on any atom is -0.397 e. The van der Waals surface area contributed by atoms with Gasteiger partial charge in [-0.2, -0.15) is 13.2 Å². The van der Waals surface area contributed by atoms with Crippen LogP contribution in [0.15, 0.2) is 60.7 Å². The van der Waals surface area contributed by atoms with Crippen molar-refractivity contribution in [2.24, 2.45) is 11.8 Å². The molecule has 0 bridgehead atoms. The number of fused-ring (bicyclic) bond motifs is 1. The second-order valence-corrected chi connectivity index (χ2v) is 16.6. The van der Waals surface area contributed by atoms with Crippen molar-refractivity contribution in [3.8, 4) is 0 Å². The van der Waals surface area contributed by atoms with Crippen molar-refractivity contribution in [1.29, 1.82) is 0 Å². The summed E-state index contributed by atoms with van der Waals surface area (Å²) in [6.07, 6.45) is -3.51. The van der Waals surface area contributed by atoms with Crippen LogP contribution in [0.4, 0.5) is 13.2 Å². The summed E-state index contributed by atoms with van der Waals surface area (Å²) >= 11 is 0. The van der Waals surface area contributed by atoms with Crippen LogP contribution < -0.4 is 0 Å². The molecule has 1 saturated carbocycles. The van der Waals surface area contributed by atoms with Crippen LogP contribution in [0.25, 0.3) is 0 Å². The molecule has 1 saturated heterocycles. The maximum absolute atomic E-state index is 15.6. The average Bonchev–Trinajstić information content (AvgIpc) is 2.79. The highest BCUT2D eigenvalue weighted by Gasteiger charge is 2.69.